The van der Waals surface area contributed by atoms with Crippen LogP contribution in [0.5, 0.6) is 5.75 Å². The van der Waals surface area contributed by atoms with Gasteiger partial charge >= 0.3 is 0 Å². The zero-order chi connectivity index (χ0) is 24.8. The number of carbonyl (C=O) groups is 2. The topological polar surface area (TPSA) is 132 Å². The normalized spacial score (nSPS) is 18.0. The van der Waals surface area contributed by atoms with Crippen molar-refractivity contribution < 1.29 is 22.7 Å². The number of nitrogens with zero attached hydrogens (tertiary/aromatic N) is 2. The van der Waals surface area contributed by atoms with Crippen molar-refractivity contribution in [3.8, 4) is 5.75 Å². The molecule has 34 heavy (non-hydrogen) atoms. The Kier molecular flexibility index (Phi) is 6.56. The smallest absolute Gasteiger partial charge is 0.259 e. The van der Waals surface area contributed by atoms with Gasteiger partial charge in [0.25, 0.3) is 5.91 Å². The van der Waals surface area contributed by atoms with Crippen LogP contribution in [0.1, 0.15) is 33.6 Å². The minimum atomic E-state index is -3.38. The molecule has 2 amide bonds. The molecule has 3 aromatic rings. The summed E-state index contributed by atoms with van der Waals surface area (Å²) in [6.45, 7) is 0. The fourth-order valence-electron chi connectivity index (χ4n) is 3.61. The van der Waals surface area contributed by atoms with E-state index in [0.717, 1.165) is 30.4 Å². The average molecular weight is 523 g/mol. The number of carbonyl (C=O) groups excluding carboxylic acids is 2. The lowest BCUT2D eigenvalue weighted by Gasteiger charge is -2.39. The van der Waals surface area contributed by atoms with Crippen molar-refractivity contribution in [3.63, 3.8) is 0 Å². The molecule has 1 saturated carbocycles. The first-order chi connectivity index (χ1) is 15.9. The molecule has 1 fully saturated rings. The summed E-state index contributed by atoms with van der Waals surface area (Å²) in [5.41, 5.74) is 6.01. The molecule has 0 unspecified atom stereocenters. The van der Waals surface area contributed by atoms with Crippen LogP contribution >= 0.6 is 22.9 Å². The van der Waals surface area contributed by atoms with Crippen LogP contribution in [-0.2, 0) is 9.84 Å². The molecule has 1 aliphatic carbocycles. The molecule has 1 aromatic heterocycles. The van der Waals surface area contributed by atoms with Crippen molar-refractivity contribution in [2.75, 3.05) is 25.7 Å². The molecule has 0 aliphatic heterocycles. The van der Waals surface area contributed by atoms with Gasteiger partial charge in [-0.25, -0.2) is 13.4 Å². The van der Waals surface area contributed by atoms with Crippen LogP contribution in [0, 0.1) is 0 Å². The Bertz CT molecular complexity index is 1400. The highest BCUT2D eigenvalue weighted by Gasteiger charge is 2.33. The monoisotopic (exact) mass is 522 g/mol. The Morgan fingerprint density at radius 2 is 1.88 bits per heavy atom. The first-order valence-corrected chi connectivity index (χ1v) is 13.4. The molecule has 0 bridgehead atoms. The standard InChI is InChI=1S/C22H23ClN4O5S2/c1-27(2)11-6-12(7-11)32-13-8-15(20(24)28)19(23)16(9-13)21(29)26-22-25-17-5-4-14(34(3,30)31)10-18(17)33-22/h4-5,8-12H,6-7H2,1-3H3,(H2,24,28)(H,25,26,29). The number of nitrogens with two attached hydrogens (primary N) is 1. The summed E-state index contributed by atoms with van der Waals surface area (Å²) in [5, 5.41) is 2.83. The minimum Gasteiger partial charge on any atom is -0.490 e. The summed E-state index contributed by atoms with van der Waals surface area (Å²) in [6.07, 6.45) is 2.72. The molecular formula is C22H23ClN4O5S2. The van der Waals surface area contributed by atoms with E-state index in [1.807, 2.05) is 14.1 Å². The number of hydrogen-bond donors (Lipinski definition) is 2. The third-order valence-electron chi connectivity index (χ3n) is 5.67. The number of aromatic nitrogens is 1. The predicted octanol–water partition coefficient (Wildman–Crippen LogP) is 3.18. The van der Waals surface area contributed by atoms with Crippen molar-refractivity contribution in [2.24, 2.45) is 5.73 Å². The van der Waals surface area contributed by atoms with Gasteiger partial charge in [-0.3, -0.25) is 14.9 Å². The first kappa shape index (κ1) is 24.4. The van der Waals surface area contributed by atoms with Crippen molar-refractivity contribution in [3.05, 3.63) is 46.5 Å². The maximum absolute atomic E-state index is 13.0. The van der Waals surface area contributed by atoms with Gasteiger partial charge in [0.05, 0.1) is 31.3 Å². The van der Waals surface area contributed by atoms with Crippen molar-refractivity contribution >= 4 is 59.9 Å². The van der Waals surface area contributed by atoms with Crippen LogP contribution in [0.15, 0.2) is 35.2 Å². The first-order valence-electron chi connectivity index (χ1n) is 10.3. The summed E-state index contributed by atoms with van der Waals surface area (Å²) < 4.78 is 30.2. The van der Waals surface area contributed by atoms with Crippen LogP contribution < -0.4 is 15.8 Å². The molecule has 12 heteroatoms. The van der Waals surface area contributed by atoms with Gasteiger partial charge in [0.15, 0.2) is 15.0 Å². The predicted molar refractivity (Wildman–Crippen MR) is 132 cm³/mol. The molecular weight excluding hydrogens is 500 g/mol. The number of anilines is 1. The van der Waals surface area contributed by atoms with Crippen LogP contribution in [0.4, 0.5) is 5.13 Å². The molecule has 1 aliphatic rings. The highest BCUT2D eigenvalue weighted by Crippen LogP contribution is 2.34. The number of fused-ring (bicyclic) bond motifs is 1. The number of halogens is 1. The number of nitrogens with one attached hydrogen (secondary N) is 1. The van der Waals surface area contributed by atoms with Crippen LogP contribution in [-0.4, -0.2) is 62.6 Å². The van der Waals surface area contributed by atoms with E-state index in [4.69, 9.17) is 22.1 Å². The zero-order valence-corrected chi connectivity index (χ0v) is 21.1. The van der Waals surface area contributed by atoms with E-state index in [1.165, 1.54) is 24.3 Å². The molecule has 9 nitrogen and oxygen atoms in total. The molecule has 180 valence electrons. The summed E-state index contributed by atoms with van der Waals surface area (Å²) in [4.78, 5) is 31.6. The van der Waals surface area contributed by atoms with Gasteiger partial charge in [0, 0.05) is 12.3 Å². The lowest BCUT2D eigenvalue weighted by molar-refractivity contribution is 0.0399. The van der Waals surface area contributed by atoms with E-state index >= 15 is 0 Å². The van der Waals surface area contributed by atoms with E-state index in [1.54, 1.807) is 6.07 Å². The van der Waals surface area contributed by atoms with Gasteiger partial charge in [-0.05, 0) is 57.3 Å². The largest absolute Gasteiger partial charge is 0.490 e. The maximum Gasteiger partial charge on any atom is 0.259 e. The number of hydrogen-bond acceptors (Lipinski definition) is 8. The third kappa shape index (κ3) is 5.02. The fourth-order valence-corrected chi connectivity index (χ4v) is 5.52. The number of thiazole rings is 1. The van der Waals surface area contributed by atoms with Crippen LogP contribution in [0.2, 0.25) is 5.02 Å². The molecule has 4 rings (SSSR count). The molecule has 0 atom stereocenters. The van der Waals surface area contributed by atoms with E-state index in [-0.39, 0.29) is 32.3 Å². The molecule has 0 radical (unpaired) electrons. The number of sulfone groups is 1. The second-order valence-electron chi connectivity index (χ2n) is 8.40. The van der Waals surface area contributed by atoms with E-state index < -0.39 is 21.7 Å². The Labute approximate surface area is 205 Å². The summed E-state index contributed by atoms with van der Waals surface area (Å²) in [7, 11) is 0.625. The van der Waals surface area contributed by atoms with Gasteiger partial charge < -0.3 is 15.4 Å². The van der Waals surface area contributed by atoms with Gasteiger partial charge in [-0.1, -0.05) is 22.9 Å². The Balaban J connectivity index is 1.59. The number of rotatable bonds is 7. The van der Waals surface area contributed by atoms with E-state index in [2.05, 4.69) is 15.2 Å². The Morgan fingerprint density at radius 3 is 2.50 bits per heavy atom. The van der Waals surface area contributed by atoms with Crippen molar-refractivity contribution in [2.45, 2.75) is 29.9 Å². The second-order valence-corrected chi connectivity index (χ2v) is 11.8. The molecule has 0 saturated heterocycles. The Morgan fingerprint density at radius 1 is 1.21 bits per heavy atom. The van der Waals surface area contributed by atoms with Gasteiger partial charge in [-0.15, -0.1) is 0 Å². The lowest BCUT2D eigenvalue weighted by Crippen LogP contribution is -2.46. The highest BCUT2D eigenvalue weighted by molar-refractivity contribution is 7.90. The quantitative estimate of drug-likeness (QED) is 0.487. The van der Waals surface area contributed by atoms with Crippen molar-refractivity contribution in [1.82, 2.24) is 9.88 Å². The molecule has 0 spiro atoms. The number of ether oxygens (including phenoxy) is 1. The van der Waals surface area contributed by atoms with Gasteiger partial charge in [0.1, 0.15) is 11.9 Å². The van der Waals surface area contributed by atoms with Crippen LogP contribution in [0.25, 0.3) is 10.2 Å². The van der Waals surface area contributed by atoms with E-state index in [0.29, 0.717) is 22.0 Å². The maximum atomic E-state index is 13.0. The molecule has 1 heterocycles. The Hall–Kier alpha value is -2.73. The summed E-state index contributed by atoms with van der Waals surface area (Å²) in [5.74, 6) is -1.05. The summed E-state index contributed by atoms with van der Waals surface area (Å²) >= 11 is 7.45. The fraction of sp³-hybridized carbons (Fsp3) is 0.318. The second kappa shape index (κ2) is 9.14. The third-order valence-corrected chi connectivity index (χ3v) is 8.12. The lowest BCUT2D eigenvalue weighted by atomic mass is 9.88. The van der Waals surface area contributed by atoms with Gasteiger partial charge in [0.2, 0.25) is 5.91 Å². The summed E-state index contributed by atoms with van der Waals surface area (Å²) in [6, 6.07) is 7.87. The van der Waals surface area contributed by atoms with Crippen molar-refractivity contribution in [1.29, 1.82) is 0 Å². The van der Waals surface area contributed by atoms with Gasteiger partial charge in [-0.2, -0.15) is 0 Å². The minimum absolute atomic E-state index is 0.0186. The van der Waals surface area contributed by atoms with E-state index in [9.17, 15) is 18.0 Å². The molecule has 2 aromatic carbocycles. The number of amides is 2. The average Bonchev–Trinajstić information content (AvgIpc) is 3.11. The molecule has 3 N–H and O–H groups in total. The highest BCUT2D eigenvalue weighted by atomic mass is 35.5. The zero-order valence-electron chi connectivity index (χ0n) is 18.7. The SMILES string of the molecule is CN(C)C1CC(Oc2cc(C(N)=O)c(Cl)c(C(=O)Nc3nc4ccc(S(C)(=O)=O)cc4s3)c2)C1. The van der Waals surface area contributed by atoms with Crippen LogP contribution in [0.3, 0.4) is 0 Å². The number of benzene rings is 2. The number of primary amides is 1.